The van der Waals surface area contributed by atoms with E-state index in [0.717, 1.165) is 36.6 Å². The van der Waals surface area contributed by atoms with Crippen molar-refractivity contribution >= 4 is 5.69 Å². The summed E-state index contributed by atoms with van der Waals surface area (Å²) in [5.41, 5.74) is 3.65. The summed E-state index contributed by atoms with van der Waals surface area (Å²) in [6.45, 7) is 6.51. The molecule has 1 N–H and O–H groups in total. The van der Waals surface area contributed by atoms with Crippen LogP contribution in [0.2, 0.25) is 0 Å². The average Bonchev–Trinajstić information content (AvgIpc) is 2.78. The van der Waals surface area contributed by atoms with Crippen LogP contribution in [0.15, 0.2) is 78.9 Å². The predicted octanol–water partition coefficient (Wildman–Crippen LogP) is 6.31. The van der Waals surface area contributed by atoms with Gasteiger partial charge in [-0.15, -0.1) is 0 Å². The molecule has 0 heterocycles. The SMILES string of the molecule is CCC(C)c1ccccc1OCCNc1ccc(OCCc2ccccc2)cc1. The Labute approximate surface area is 174 Å². The molecular weight excluding hydrogens is 358 g/mol. The number of hydrogen-bond donors (Lipinski definition) is 1. The molecule has 1 unspecified atom stereocenters. The van der Waals surface area contributed by atoms with E-state index in [2.05, 4.69) is 61.6 Å². The minimum atomic E-state index is 0.508. The lowest BCUT2D eigenvalue weighted by Crippen LogP contribution is -2.12. The highest BCUT2D eigenvalue weighted by atomic mass is 16.5. The van der Waals surface area contributed by atoms with Gasteiger partial charge in [0.15, 0.2) is 0 Å². The lowest BCUT2D eigenvalue weighted by molar-refractivity contribution is 0.322. The topological polar surface area (TPSA) is 30.5 Å². The Kier molecular flexibility index (Phi) is 8.00. The lowest BCUT2D eigenvalue weighted by atomic mass is 9.98. The fourth-order valence-electron chi connectivity index (χ4n) is 3.20. The van der Waals surface area contributed by atoms with Crippen LogP contribution < -0.4 is 14.8 Å². The van der Waals surface area contributed by atoms with Crippen LogP contribution in [0, 0.1) is 0 Å². The van der Waals surface area contributed by atoms with Crippen molar-refractivity contribution in [3.8, 4) is 11.5 Å². The first-order valence-electron chi connectivity index (χ1n) is 10.5. The number of para-hydroxylation sites is 1. The molecule has 3 aromatic rings. The summed E-state index contributed by atoms with van der Waals surface area (Å²) < 4.78 is 11.9. The van der Waals surface area contributed by atoms with Crippen molar-refractivity contribution in [1.82, 2.24) is 0 Å². The third-order valence-corrected chi connectivity index (χ3v) is 5.11. The second-order valence-electron chi connectivity index (χ2n) is 7.23. The highest BCUT2D eigenvalue weighted by Gasteiger charge is 2.09. The van der Waals surface area contributed by atoms with E-state index in [1.54, 1.807) is 0 Å². The molecule has 0 saturated heterocycles. The highest BCUT2D eigenvalue weighted by molar-refractivity contribution is 5.46. The van der Waals surface area contributed by atoms with Crippen LogP contribution in [-0.2, 0) is 6.42 Å². The lowest BCUT2D eigenvalue weighted by Gasteiger charge is -2.16. The molecule has 3 nitrogen and oxygen atoms in total. The second kappa shape index (κ2) is 11.2. The standard InChI is InChI=1S/C26H31NO2/c1-3-21(2)25-11-7-8-12-26(25)29-20-18-27-23-13-15-24(16-14-23)28-19-17-22-9-5-4-6-10-22/h4-16,21,27H,3,17-20H2,1-2H3. The molecule has 0 bridgehead atoms. The Hall–Kier alpha value is -2.94. The van der Waals surface area contributed by atoms with Gasteiger partial charge in [-0.05, 0) is 53.8 Å². The van der Waals surface area contributed by atoms with E-state index in [0.29, 0.717) is 19.1 Å². The van der Waals surface area contributed by atoms with Gasteiger partial charge in [0, 0.05) is 18.7 Å². The Morgan fingerprint density at radius 1 is 0.793 bits per heavy atom. The molecule has 3 aromatic carbocycles. The summed E-state index contributed by atoms with van der Waals surface area (Å²) in [6, 6.07) is 26.8. The van der Waals surface area contributed by atoms with Gasteiger partial charge < -0.3 is 14.8 Å². The van der Waals surface area contributed by atoms with Crippen molar-refractivity contribution < 1.29 is 9.47 Å². The average molecular weight is 390 g/mol. The van der Waals surface area contributed by atoms with Gasteiger partial charge in [-0.25, -0.2) is 0 Å². The maximum atomic E-state index is 6.01. The third kappa shape index (κ3) is 6.56. The molecule has 0 amide bonds. The van der Waals surface area contributed by atoms with E-state index in [1.165, 1.54) is 11.1 Å². The summed E-state index contributed by atoms with van der Waals surface area (Å²) in [7, 11) is 0. The van der Waals surface area contributed by atoms with Crippen molar-refractivity contribution in [2.24, 2.45) is 0 Å². The number of hydrogen-bond acceptors (Lipinski definition) is 3. The van der Waals surface area contributed by atoms with Crippen LogP contribution in [-0.4, -0.2) is 19.8 Å². The van der Waals surface area contributed by atoms with Crippen molar-refractivity contribution in [2.75, 3.05) is 25.1 Å². The van der Waals surface area contributed by atoms with Gasteiger partial charge in [-0.2, -0.15) is 0 Å². The first-order valence-corrected chi connectivity index (χ1v) is 10.5. The van der Waals surface area contributed by atoms with Gasteiger partial charge in [-0.1, -0.05) is 62.4 Å². The molecule has 0 fully saturated rings. The van der Waals surface area contributed by atoms with E-state index in [1.807, 2.05) is 36.4 Å². The van der Waals surface area contributed by atoms with Gasteiger partial charge in [-0.3, -0.25) is 0 Å². The monoisotopic (exact) mass is 389 g/mol. The molecule has 3 rings (SSSR count). The predicted molar refractivity (Wildman–Crippen MR) is 121 cm³/mol. The second-order valence-corrected chi connectivity index (χ2v) is 7.23. The molecular formula is C26H31NO2. The van der Waals surface area contributed by atoms with Crippen LogP contribution >= 0.6 is 0 Å². The first-order chi connectivity index (χ1) is 14.3. The molecule has 0 aliphatic rings. The molecule has 0 saturated carbocycles. The molecule has 0 aromatic heterocycles. The Morgan fingerprint density at radius 2 is 1.52 bits per heavy atom. The molecule has 152 valence electrons. The van der Waals surface area contributed by atoms with E-state index >= 15 is 0 Å². The van der Waals surface area contributed by atoms with Crippen molar-refractivity contribution in [1.29, 1.82) is 0 Å². The number of rotatable bonds is 11. The van der Waals surface area contributed by atoms with Crippen LogP contribution in [0.3, 0.4) is 0 Å². The number of benzene rings is 3. The maximum Gasteiger partial charge on any atom is 0.122 e. The molecule has 1 atom stereocenters. The molecule has 3 heteroatoms. The van der Waals surface area contributed by atoms with Crippen LogP contribution in [0.5, 0.6) is 11.5 Å². The molecule has 0 aliphatic carbocycles. The van der Waals surface area contributed by atoms with Crippen LogP contribution in [0.4, 0.5) is 5.69 Å². The van der Waals surface area contributed by atoms with E-state index in [9.17, 15) is 0 Å². The van der Waals surface area contributed by atoms with E-state index < -0.39 is 0 Å². The zero-order chi connectivity index (χ0) is 20.3. The first kappa shape index (κ1) is 20.8. The molecule has 0 radical (unpaired) electrons. The van der Waals surface area contributed by atoms with E-state index in [4.69, 9.17) is 9.47 Å². The largest absolute Gasteiger partial charge is 0.493 e. The fourth-order valence-corrected chi connectivity index (χ4v) is 3.20. The highest BCUT2D eigenvalue weighted by Crippen LogP contribution is 2.28. The summed E-state index contributed by atoms with van der Waals surface area (Å²) in [5, 5.41) is 3.41. The van der Waals surface area contributed by atoms with Gasteiger partial charge in [0.1, 0.15) is 18.1 Å². The van der Waals surface area contributed by atoms with Gasteiger partial charge in [0.25, 0.3) is 0 Å². The van der Waals surface area contributed by atoms with Crippen LogP contribution in [0.25, 0.3) is 0 Å². The van der Waals surface area contributed by atoms with E-state index in [-0.39, 0.29) is 0 Å². The Bertz CT molecular complexity index is 846. The smallest absolute Gasteiger partial charge is 0.122 e. The van der Waals surface area contributed by atoms with Crippen molar-refractivity contribution in [2.45, 2.75) is 32.6 Å². The van der Waals surface area contributed by atoms with Crippen LogP contribution in [0.1, 0.15) is 37.3 Å². The minimum absolute atomic E-state index is 0.508. The van der Waals surface area contributed by atoms with Crippen molar-refractivity contribution in [3.63, 3.8) is 0 Å². The van der Waals surface area contributed by atoms with Crippen molar-refractivity contribution in [3.05, 3.63) is 90.0 Å². The number of nitrogens with one attached hydrogen (secondary N) is 1. The minimum Gasteiger partial charge on any atom is -0.493 e. The third-order valence-electron chi connectivity index (χ3n) is 5.11. The zero-order valence-electron chi connectivity index (χ0n) is 17.4. The normalized spacial score (nSPS) is 11.7. The number of ether oxygens (including phenoxy) is 2. The summed E-state index contributed by atoms with van der Waals surface area (Å²) >= 11 is 0. The van der Waals surface area contributed by atoms with Gasteiger partial charge in [0.05, 0.1) is 6.61 Å². The zero-order valence-corrected chi connectivity index (χ0v) is 17.4. The Morgan fingerprint density at radius 3 is 2.28 bits per heavy atom. The molecule has 0 spiro atoms. The van der Waals surface area contributed by atoms with Gasteiger partial charge >= 0.3 is 0 Å². The summed E-state index contributed by atoms with van der Waals surface area (Å²) in [4.78, 5) is 0. The quantitative estimate of drug-likeness (QED) is 0.390. The summed E-state index contributed by atoms with van der Waals surface area (Å²) in [5.74, 6) is 2.39. The fraction of sp³-hybridized carbons (Fsp3) is 0.308. The molecule has 29 heavy (non-hydrogen) atoms. The molecule has 0 aliphatic heterocycles. The Balaban J connectivity index is 1.39. The number of anilines is 1. The van der Waals surface area contributed by atoms with Gasteiger partial charge in [0.2, 0.25) is 0 Å². The summed E-state index contributed by atoms with van der Waals surface area (Å²) in [6.07, 6.45) is 2.02. The maximum absolute atomic E-state index is 6.01.